The number of rotatable bonds is 2. The minimum absolute atomic E-state index is 0.176. The van der Waals surface area contributed by atoms with E-state index in [2.05, 4.69) is 12.6 Å². The summed E-state index contributed by atoms with van der Waals surface area (Å²) in [6.45, 7) is -0.190. The van der Waals surface area contributed by atoms with Gasteiger partial charge in [-0.05, 0) is 0 Å². The molecule has 1 aliphatic heterocycles. The van der Waals surface area contributed by atoms with E-state index in [4.69, 9.17) is 20.1 Å². The molecule has 0 bridgehead atoms. The minimum atomic E-state index is -0.949. The van der Waals surface area contributed by atoms with E-state index in [9.17, 15) is 0 Å². The van der Waals surface area contributed by atoms with Crippen molar-refractivity contribution in [2.45, 2.75) is 23.6 Å². The van der Waals surface area contributed by atoms with Crippen LogP contribution in [0.25, 0.3) is 0 Å². The second-order valence-corrected chi connectivity index (χ2v) is 3.20. The van der Waals surface area contributed by atoms with Crippen molar-refractivity contribution in [3.63, 3.8) is 0 Å². The molecule has 11 heavy (non-hydrogen) atoms. The Balaban J connectivity index is 2.47. The van der Waals surface area contributed by atoms with E-state index in [0.717, 1.165) is 0 Å². The van der Waals surface area contributed by atoms with Gasteiger partial charge in [0, 0.05) is 0 Å². The van der Waals surface area contributed by atoms with Gasteiger partial charge in [0.2, 0.25) is 0 Å². The van der Waals surface area contributed by atoms with Crippen LogP contribution in [0.3, 0.4) is 0 Å². The van der Waals surface area contributed by atoms with E-state index in [0.29, 0.717) is 0 Å². The summed E-state index contributed by atoms with van der Waals surface area (Å²) in [4.78, 5) is 0. The molecule has 0 saturated carbocycles. The van der Waals surface area contributed by atoms with Crippen molar-refractivity contribution in [1.29, 1.82) is 0 Å². The van der Waals surface area contributed by atoms with Gasteiger partial charge in [0.25, 0.3) is 0 Å². The zero-order valence-electron chi connectivity index (χ0n) is 5.92. The molecular weight excluding hydrogens is 168 g/mol. The molecule has 1 saturated heterocycles. The maximum absolute atomic E-state index is 9.12. The maximum atomic E-state index is 9.12. The highest BCUT2D eigenvalue weighted by molar-refractivity contribution is 7.81. The van der Waals surface area contributed by atoms with Gasteiger partial charge in [0.05, 0.1) is 30.7 Å². The van der Waals surface area contributed by atoms with Crippen LogP contribution >= 0.6 is 12.6 Å². The number of thiol groups is 1. The van der Waals surface area contributed by atoms with Crippen molar-refractivity contribution >= 4 is 12.6 Å². The first kappa shape index (κ1) is 9.28. The molecule has 0 aromatic rings. The van der Waals surface area contributed by atoms with E-state index >= 15 is 0 Å². The summed E-state index contributed by atoms with van der Waals surface area (Å²) in [7, 11) is 0. The second-order valence-electron chi connectivity index (χ2n) is 2.61. The summed E-state index contributed by atoms with van der Waals surface area (Å²) in [6.07, 6.45) is -2.16. The second kappa shape index (κ2) is 3.73. The van der Waals surface area contributed by atoms with Gasteiger partial charge < -0.3 is 20.1 Å². The van der Waals surface area contributed by atoms with E-state index in [1.54, 1.807) is 0 Å². The molecule has 4 atom stereocenters. The summed E-state index contributed by atoms with van der Waals surface area (Å²) in [5, 5.41) is 26.4. The van der Waals surface area contributed by atoms with Crippen molar-refractivity contribution in [3.05, 3.63) is 0 Å². The molecule has 1 fully saturated rings. The molecule has 0 aromatic carbocycles. The Kier molecular flexibility index (Phi) is 3.15. The zero-order valence-corrected chi connectivity index (χ0v) is 6.82. The molecule has 1 aliphatic rings. The third-order valence-corrected chi connectivity index (χ3v) is 2.39. The van der Waals surface area contributed by atoms with Crippen LogP contribution in [0.2, 0.25) is 0 Å². The van der Waals surface area contributed by atoms with Gasteiger partial charge in [0.15, 0.2) is 0 Å². The monoisotopic (exact) mass is 180 g/mol. The predicted octanol–water partition coefficient (Wildman–Crippen LogP) is -1.60. The van der Waals surface area contributed by atoms with Crippen LogP contribution in [-0.2, 0) is 4.74 Å². The van der Waals surface area contributed by atoms with E-state index in [1.165, 1.54) is 0 Å². The Labute approximate surface area is 70.2 Å². The topological polar surface area (TPSA) is 69.9 Å². The van der Waals surface area contributed by atoms with E-state index in [1.807, 2.05) is 0 Å². The summed E-state index contributed by atoms with van der Waals surface area (Å²) < 4.78 is 4.99. The Morgan fingerprint density at radius 1 is 1.64 bits per heavy atom. The summed E-state index contributed by atoms with van der Waals surface area (Å²) in [5.41, 5.74) is 0. The van der Waals surface area contributed by atoms with Crippen LogP contribution in [-0.4, -0.2) is 52.1 Å². The van der Waals surface area contributed by atoms with Crippen molar-refractivity contribution in [2.75, 3.05) is 13.2 Å². The van der Waals surface area contributed by atoms with Gasteiger partial charge in [-0.25, -0.2) is 0 Å². The highest BCUT2D eigenvalue weighted by atomic mass is 32.1. The van der Waals surface area contributed by atoms with Crippen molar-refractivity contribution in [1.82, 2.24) is 0 Å². The average molecular weight is 180 g/mol. The minimum Gasteiger partial charge on any atom is -0.394 e. The maximum Gasteiger partial charge on any atom is 0.104 e. The lowest BCUT2D eigenvalue weighted by Crippen LogP contribution is -2.37. The molecule has 66 valence electrons. The highest BCUT2D eigenvalue weighted by Crippen LogP contribution is 2.21. The van der Waals surface area contributed by atoms with Crippen molar-refractivity contribution in [3.8, 4) is 0 Å². The third kappa shape index (κ3) is 1.86. The Bertz CT molecular complexity index is 132. The quantitative estimate of drug-likeness (QED) is 0.386. The molecule has 0 unspecified atom stereocenters. The molecule has 0 aromatic heterocycles. The first-order valence-corrected chi connectivity index (χ1v) is 3.95. The molecule has 3 N–H and O–H groups in total. The lowest BCUT2D eigenvalue weighted by molar-refractivity contribution is -0.0275. The van der Waals surface area contributed by atoms with E-state index in [-0.39, 0.29) is 13.2 Å². The van der Waals surface area contributed by atoms with E-state index < -0.39 is 23.6 Å². The number of aliphatic hydroxyl groups is 3. The fraction of sp³-hybridized carbons (Fsp3) is 1.00. The van der Waals surface area contributed by atoms with Crippen LogP contribution in [0.15, 0.2) is 0 Å². The Morgan fingerprint density at radius 3 is 2.64 bits per heavy atom. The van der Waals surface area contributed by atoms with Gasteiger partial charge in [-0.15, -0.1) is 0 Å². The summed E-state index contributed by atoms with van der Waals surface area (Å²) in [5.74, 6) is 0. The van der Waals surface area contributed by atoms with Crippen LogP contribution in [0.1, 0.15) is 0 Å². The molecule has 1 heterocycles. The van der Waals surface area contributed by atoms with Gasteiger partial charge in [-0.3, -0.25) is 0 Å². The largest absolute Gasteiger partial charge is 0.394 e. The molecule has 0 radical (unpaired) electrons. The summed E-state index contributed by atoms with van der Waals surface area (Å²) in [6, 6.07) is 0. The number of hydrogen-bond acceptors (Lipinski definition) is 5. The van der Waals surface area contributed by atoms with Crippen LogP contribution in [0.4, 0.5) is 0 Å². The zero-order chi connectivity index (χ0) is 8.43. The smallest absolute Gasteiger partial charge is 0.104 e. The SMILES string of the molecule is OC[C@H](O)[C@@H]1OC[C@H](O)[C@H]1S. The van der Waals surface area contributed by atoms with Crippen molar-refractivity contribution in [2.24, 2.45) is 0 Å². The van der Waals surface area contributed by atoms with Crippen LogP contribution < -0.4 is 0 Å². The third-order valence-electron chi connectivity index (χ3n) is 1.76. The first-order valence-electron chi connectivity index (χ1n) is 3.43. The lowest BCUT2D eigenvalue weighted by atomic mass is 10.1. The number of aliphatic hydroxyl groups excluding tert-OH is 3. The highest BCUT2D eigenvalue weighted by Gasteiger charge is 2.37. The fourth-order valence-corrected chi connectivity index (χ4v) is 1.44. The summed E-state index contributed by atoms with van der Waals surface area (Å²) >= 11 is 4.03. The molecular formula is C6H12O4S. The fourth-order valence-electron chi connectivity index (χ4n) is 1.07. The molecule has 4 nitrogen and oxygen atoms in total. The van der Waals surface area contributed by atoms with Gasteiger partial charge in [-0.1, -0.05) is 0 Å². The van der Waals surface area contributed by atoms with Crippen LogP contribution in [0, 0.1) is 0 Å². The van der Waals surface area contributed by atoms with Gasteiger partial charge in [-0.2, -0.15) is 12.6 Å². The molecule has 5 heteroatoms. The first-order chi connectivity index (χ1) is 5.16. The molecule has 1 rings (SSSR count). The molecule has 0 amide bonds. The number of ether oxygens (including phenoxy) is 1. The van der Waals surface area contributed by atoms with Gasteiger partial charge >= 0.3 is 0 Å². The molecule has 0 spiro atoms. The van der Waals surface area contributed by atoms with Gasteiger partial charge in [0.1, 0.15) is 6.10 Å². The molecule has 0 aliphatic carbocycles. The standard InChI is InChI=1S/C6H12O4S/c7-1-3(8)5-6(11)4(9)2-10-5/h3-9,11H,1-2H2/t3-,4-,5-,6+/m0/s1. The van der Waals surface area contributed by atoms with Crippen molar-refractivity contribution < 1.29 is 20.1 Å². The average Bonchev–Trinajstić information content (AvgIpc) is 2.32. The lowest BCUT2D eigenvalue weighted by Gasteiger charge is -2.18. The van der Waals surface area contributed by atoms with Crippen LogP contribution in [0.5, 0.6) is 0 Å². The Morgan fingerprint density at radius 2 is 2.27 bits per heavy atom. The predicted molar refractivity (Wildman–Crippen MR) is 41.6 cm³/mol. The number of hydrogen-bond donors (Lipinski definition) is 4. The Hall–Kier alpha value is 0.190. The normalized spacial score (nSPS) is 40.9.